The van der Waals surface area contributed by atoms with Crippen LogP contribution in [0.25, 0.3) is 22.1 Å². The molecule has 35 heavy (non-hydrogen) atoms. The Morgan fingerprint density at radius 2 is 1.94 bits per heavy atom. The maximum absolute atomic E-state index is 12.8. The molecule has 0 radical (unpaired) electrons. The van der Waals surface area contributed by atoms with Crippen LogP contribution in [0.2, 0.25) is 0 Å². The monoisotopic (exact) mass is 474 g/mol. The van der Waals surface area contributed by atoms with Crippen LogP contribution in [-0.4, -0.2) is 97.4 Å². The van der Waals surface area contributed by atoms with Gasteiger partial charge in [0.15, 0.2) is 0 Å². The molecule has 0 saturated carbocycles. The average Bonchev–Trinajstić information content (AvgIpc) is 3.48. The number of carbonyl (C=O) groups is 2. The molecule has 6 rings (SSSR count). The molecular formula is C23H26N10O2. The number of H-pyrrole nitrogens is 1. The zero-order valence-electron chi connectivity index (χ0n) is 19.2. The Hall–Kier alpha value is -4.06. The molecule has 0 aliphatic carbocycles. The number of hydrogen-bond donors (Lipinski definition) is 2. The van der Waals surface area contributed by atoms with E-state index in [1.807, 2.05) is 28.0 Å². The van der Waals surface area contributed by atoms with E-state index in [0.717, 1.165) is 35.2 Å². The van der Waals surface area contributed by atoms with Crippen molar-refractivity contribution >= 4 is 39.8 Å². The van der Waals surface area contributed by atoms with E-state index in [4.69, 9.17) is 5.73 Å². The lowest BCUT2D eigenvalue weighted by Gasteiger charge is -2.41. The fraction of sp³-hybridized carbons (Fsp3) is 0.391. The first-order valence-electron chi connectivity index (χ1n) is 11.7. The van der Waals surface area contributed by atoms with E-state index in [1.54, 1.807) is 18.2 Å². The molecule has 2 fully saturated rings. The quantitative estimate of drug-likeness (QED) is 0.400. The normalized spacial score (nSPS) is 17.3. The van der Waals surface area contributed by atoms with Gasteiger partial charge in [-0.2, -0.15) is 4.98 Å². The van der Waals surface area contributed by atoms with Crippen LogP contribution in [0.1, 0.15) is 10.4 Å². The molecule has 0 bridgehead atoms. The molecule has 1 aromatic carbocycles. The second kappa shape index (κ2) is 8.62. The second-order valence-electron chi connectivity index (χ2n) is 9.22. The van der Waals surface area contributed by atoms with Crippen molar-refractivity contribution in [3.8, 4) is 0 Å². The number of carbonyl (C=O) groups excluding carboxylic acids is 2. The van der Waals surface area contributed by atoms with Gasteiger partial charge in [0.1, 0.15) is 11.2 Å². The number of likely N-dealkylation sites (tertiary alicyclic amines) is 1. The van der Waals surface area contributed by atoms with Crippen LogP contribution in [0.3, 0.4) is 0 Å². The number of nitrogens with two attached hydrogens (primary N) is 1. The topological polar surface area (TPSA) is 142 Å². The van der Waals surface area contributed by atoms with Gasteiger partial charge < -0.3 is 20.5 Å². The summed E-state index contributed by atoms with van der Waals surface area (Å²) in [5, 5.41) is 9.39. The Balaban J connectivity index is 0.987. The summed E-state index contributed by atoms with van der Waals surface area (Å²) in [5.41, 5.74) is 8.20. The molecular weight excluding hydrogens is 448 g/mol. The van der Waals surface area contributed by atoms with E-state index < -0.39 is 5.91 Å². The van der Waals surface area contributed by atoms with Crippen molar-refractivity contribution in [3.63, 3.8) is 0 Å². The van der Waals surface area contributed by atoms with Crippen LogP contribution in [0, 0.1) is 5.92 Å². The molecule has 12 nitrogen and oxygen atoms in total. The number of amides is 2. The first-order valence-corrected chi connectivity index (χ1v) is 11.7. The summed E-state index contributed by atoms with van der Waals surface area (Å²) in [5.74, 6) is 0.757. The predicted octanol–water partition coefficient (Wildman–Crippen LogP) is 0.0821. The van der Waals surface area contributed by atoms with Crippen molar-refractivity contribution in [1.29, 1.82) is 0 Å². The molecule has 12 heteroatoms. The van der Waals surface area contributed by atoms with E-state index in [-0.39, 0.29) is 5.91 Å². The molecule has 0 spiro atoms. The standard InChI is InChI=1S/C23H26N10O2/c24-21(35)16-1-2-18-19(9-16)33(29-28-18)13-15-11-30(12-15)14-20(34)31-5-7-32(8-6-31)23-26-10-17-3-4-25-22(17)27-23/h1-4,9-10,15H,5-8,11-14H2,(H2,24,35)(H,25,26,27). The summed E-state index contributed by atoms with van der Waals surface area (Å²) in [4.78, 5) is 42.7. The van der Waals surface area contributed by atoms with E-state index in [2.05, 4.69) is 35.1 Å². The van der Waals surface area contributed by atoms with Crippen molar-refractivity contribution in [3.05, 3.63) is 42.2 Å². The van der Waals surface area contributed by atoms with Crippen molar-refractivity contribution in [2.75, 3.05) is 50.7 Å². The molecule has 2 amide bonds. The average molecular weight is 475 g/mol. The predicted molar refractivity (Wildman–Crippen MR) is 129 cm³/mol. The number of primary amides is 1. The molecule has 2 aliphatic heterocycles. The van der Waals surface area contributed by atoms with Gasteiger partial charge in [0.2, 0.25) is 17.8 Å². The molecule has 0 atom stereocenters. The van der Waals surface area contributed by atoms with E-state index in [0.29, 0.717) is 56.7 Å². The van der Waals surface area contributed by atoms with E-state index in [9.17, 15) is 9.59 Å². The zero-order valence-corrected chi connectivity index (χ0v) is 19.2. The highest BCUT2D eigenvalue weighted by Gasteiger charge is 2.31. The number of hydrogen-bond acceptors (Lipinski definition) is 8. The van der Waals surface area contributed by atoms with Gasteiger partial charge in [-0.15, -0.1) is 5.10 Å². The maximum Gasteiger partial charge on any atom is 0.248 e. The zero-order chi connectivity index (χ0) is 23.9. The molecule has 0 unspecified atom stereocenters. The van der Waals surface area contributed by atoms with Gasteiger partial charge >= 0.3 is 0 Å². The summed E-state index contributed by atoms with van der Waals surface area (Å²) in [7, 11) is 0. The van der Waals surface area contributed by atoms with Crippen molar-refractivity contribution < 1.29 is 9.59 Å². The number of anilines is 1. The largest absolute Gasteiger partial charge is 0.366 e. The number of fused-ring (bicyclic) bond motifs is 2. The molecule has 3 N–H and O–H groups in total. The lowest BCUT2D eigenvalue weighted by Crippen LogP contribution is -2.55. The van der Waals surface area contributed by atoms with Crippen LogP contribution in [0.4, 0.5) is 5.95 Å². The van der Waals surface area contributed by atoms with Gasteiger partial charge in [-0.3, -0.25) is 14.5 Å². The lowest BCUT2D eigenvalue weighted by atomic mass is 10.00. The summed E-state index contributed by atoms with van der Waals surface area (Å²) in [6.07, 6.45) is 3.68. The van der Waals surface area contributed by atoms with Gasteiger partial charge in [0.05, 0.1) is 12.1 Å². The van der Waals surface area contributed by atoms with Crippen LogP contribution in [0.15, 0.2) is 36.7 Å². The number of benzene rings is 1. The van der Waals surface area contributed by atoms with Crippen LogP contribution >= 0.6 is 0 Å². The first-order chi connectivity index (χ1) is 17.0. The number of nitrogens with zero attached hydrogens (tertiary/aromatic N) is 8. The summed E-state index contributed by atoms with van der Waals surface area (Å²) >= 11 is 0. The number of aromatic nitrogens is 6. The van der Waals surface area contributed by atoms with Crippen molar-refractivity contribution in [1.82, 2.24) is 39.7 Å². The van der Waals surface area contributed by atoms with Crippen LogP contribution in [-0.2, 0) is 11.3 Å². The van der Waals surface area contributed by atoms with Crippen LogP contribution in [0.5, 0.6) is 0 Å². The lowest BCUT2D eigenvalue weighted by molar-refractivity contribution is -0.134. The third kappa shape index (κ3) is 4.16. The Labute approximate surface area is 200 Å². The van der Waals surface area contributed by atoms with E-state index in [1.165, 1.54) is 0 Å². The Kier molecular flexibility index (Phi) is 5.29. The van der Waals surface area contributed by atoms with E-state index >= 15 is 0 Å². The Bertz CT molecular complexity index is 1400. The molecule has 2 aliphatic rings. The highest BCUT2D eigenvalue weighted by molar-refractivity contribution is 5.96. The Morgan fingerprint density at radius 3 is 2.74 bits per heavy atom. The molecule has 3 aromatic heterocycles. The number of rotatable bonds is 6. The second-order valence-corrected chi connectivity index (χ2v) is 9.22. The fourth-order valence-electron chi connectivity index (χ4n) is 4.85. The fourth-order valence-corrected chi connectivity index (χ4v) is 4.85. The first kappa shape index (κ1) is 21.5. The number of aromatic amines is 1. The van der Waals surface area contributed by atoms with Gasteiger partial charge in [0, 0.05) is 75.1 Å². The SMILES string of the molecule is NC(=O)c1ccc2nnn(CC3CN(CC(=O)N4CCN(c5ncc6cc[nH]c6n5)CC4)C3)c2c1. The third-order valence-electron chi connectivity index (χ3n) is 6.82. The summed E-state index contributed by atoms with van der Waals surface area (Å²) < 4.78 is 1.82. The maximum atomic E-state index is 12.8. The molecule has 180 valence electrons. The van der Waals surface area contributed by atoms with Gasteiger partial charge in [-0.05, 0) is 24.3 Å². The molecule has 2 saturated heterocycles. The van der Waals surface area contributed by atoms with Gasteiger partial charge in [-0.1, -0.05) is 5.21 Å². The van der Waals surface area contributed by atoms with Gasteiger partial charge in [0.25, 0.3) is 0 Å². The minimum absolute atomic E-state index is 0.154. The number of nitrogens with one attached hydrogen (secondary N) is 1. The summed E-state index contributed by atoms with van der Waals surface area (Å²) in [6, 6.07) is 7.10. The van der Waals surface area contributed by atoms with Crippen LogP contribution < -0.4 is 10.6 Å². The molecule has 4 aromatic rings. The number of piperazine rings is 1. The minimum Gasteiger partial charge on any atom is -0.366 e. The smallest absolute Gasteiger partial charge is 0.248 e. The highest BCUT2D eigenvalue weighted by atomic mass is 16.2. The van der Waals surface area contributed by atoms with Crippen molar-refractivity contribution in [2.24, 2.45) is 11.7 Å². The third-order valence-corrected chi connectivity index (χ3v) is 6.82. The molecule has 5 heterocycles. The Morgan fingerprint density at radius 1 is 1.11 bits per heavy atom. The highest BCUT2D eigenvalue weighted by Crippen LogP contribution is 2.21. The minimum atomic E-state index is -0.470. The van der Waals surface area contributed by atoms with Gasteiger partial charge in [-0.25, -0.2) is 9.67 Å². The summed E-state index contributed by atoms with van der Waals surface area (Å²) in [6.45, 7) is 5.52. The van der Waals surface area contributed by atoms with Crippen molar-refractivity contribution in [2.45, 2.75) is 6.54 Å².